The number of aryl methyl sites for hydroxylation is 2. The molecule has 0 spiro atoms. The summed E-state index contributed by atoms with van der Waals surface area (Å²) in [4.78, 5) is 26.0. The van der Waals surface area contributed by atoms with E-state index in [1.165, 1.54) is 7.05 Å². The van der Waals surface area contributed by atoms with Gasteiger partial charge in [0.1, 0.15) is 11.3 Å². The second-order valence-electron chi connectivity index (χ2n) is 4.73. The van der Waals surface area contributed by atoms with E-state index in [0.717, 1.165) is 16.4 Å². The van der Waals surface area contributed by atoms with Crippen molar-refractivity contribution in [3.63, 3.8) is 0 Å². The molecular weight excluding hydrogens is 395 g/mol. The quantitative estimate of drug-likeness (QED) is 0.262. The Labute approximate surface area is 158 Å². The van der Waals surface area contributed by atoms with Crippen LogP contribution in [-0.4, -0.2) is 34.8 Å². The molecule has 0 radical (unpaired) electrons. The minimum Gasteiger partial charge on any atom is -0.358 e. The zero-order chi connectivity index (χ0) is 19.7. The van der Waals surface area contributed by atoms with E-state index in [1.54, 1.807) is 6.20 Å². The SMILES string of the molecule is CC(C)S.Cc1cnc(Cl)nc1Cl.Cn1cc([N+](=O)[O-])c([N+](=O)[O-])n1. The zero-order valence-corrected chi connectivity index (χ0v) is 16.2. The van der Waals surface area contributed by atoms with Crippen LogP contribution >= 0.6 is 35.8 Å². The molecular formula is C12H16Cl2N6O4S. The topological polar surface area (TPSA) is 130 Å². The van der Waals surface area contributed by atoms with Crippen LogP contribution < -0.4 is 0 Å². The summed E-state index contributed by atoms with van der Waals surface area (Å²) in [6, 6.07) is 0. The van der Waals surface area contributed by atoms with Gasteiger partial charge in [-0.3, -0.25) is 10.1 Å². The lowest BCUT2D eigenvalue weighted by molar-refractivity contribution is -0.424. The van der Waals surface area contributed by atoms with Gasteiger partial charge in [0, 0.05) is 11.8 Å². The van der Waals surface area contributed by atoms with Gasteiger partial charge in [0.25, 0.3) is 0 Å². The molecule has 2 aromatic rings. The van der Waals surface area contributed by atoms with E-state index < -0.39 is 21.4 Å². The van der Waals surface area contributed by atoms with Gasteiger partial charge in [-0.1, -0.05) is 25.4 Å². The fraction of sp³-hybridized carbons (Fsp3) is 0.417. The summed E-state index contributed by atoms with van der Waals surface area (Å²) in [6.45, 7) is 5.88. The highest BCUT2D eigenvalue weighted by Crippen LogP contribution is 2.22. The monoisotopic (exact) mass is 410 g/mol. The van der Waals surface area contributed by atoms with E-state index in [-0.39, 0.29) is 5.28 Å². The molecule has 10 nitrogen and oxygen atoms in total. The predicted octanol–water partition coefficient (Wildman–Crippen LogP) is 3.65. The highest BCUT2D eigenvalue weighted by Gasteiger charge is 2.29. The van der Waals surface area contributed by atoms with Crippen LogP contribution in [-0.2, 0) is 7.05 Å². The van der Waals surface area contributed by atoms with Gasteiger partial charge in [0.05, 0.1) is 17.1 Å². The van der Waals surface area contributed by atoms with Crippen molar-refractivity contribution in [3.05, 3.63) is 48.6 Å². The zero-order valence-electron chi connectivity index (χ0n) is 13.8. The van der Waals surface area contributed by atoms with Crippen LogP contribution in [0.2, 0.25) is 10.4 Å². The van der Waals surface area contributed by atoms with Crippen molar-refractivity contribution in [2.24, 2.45) is 7.05 Å². The molecule has 138 valence electrons. The lowest BCUT2D eigenvalue weighted by Crippen LogP contribution is -1.94. The Morgan fingerprint density at radius 3 is 2.08 bits per heavy atom. The smallest absolute Gasteiger partial charge is 0.358 e. The van der Waals surface area contributed by atoms with E-state index >= 15 is 0 Å². The Bertz CT molecular complexity index is 706. The van der Waals surface area contributed by atoms with Crippen LogP contribution in [0.25, 0.3) is 0 Å². The van der Waals surface area contributed by atoms with Gasteiger partial charge < -0.3 is 10.1 Å². The normalized spacial score (nSPS) is 9.60. The number of aromatic nitrogens is 4. The Balaban J connectivity index is 0.000000391. The fourth-order valence-electron chi connectivity index (χ4n) is 1.12. The number of halogens is 2. The number of hydrogen-bond acceptors (Lipinski definition) is 8. The first kappa shape index (κ1) is 23.0. The summed E-state index contributed by atoms with van der Waals surface area (Å²) >= 11 is 15.0. The second-order valence-corrected chi connectivity index (χ2v) is 6.46. The van der Waals surface area contributed by atoms with Crippen molar-refractivity contribution >= 4 is 47.3 Å². The Hall–Kier alpha value is -1.98. The maximum atomic E-state index is 10.2. The molecule has 0 bridgehead atoms. The average Bonchev–Trinajstić information content (AvgIpc) is 2.86. The van der Waals surface area contributed by atoms with Crippen molar-refractivity contribution in [1.82, 2.24) is 19.7 Å². The van der Waals surface area contributed by atoms with Gasteiger partial charge in [-0.2, -0.15) is 17.3 Å². The molecule has 0 amide bonds. The number of nitro groups is 2. The molecule has 13 heteroatoms. The van der Waals surface area contributed by atoms with Crippen molar-refractivity contribution in [1.29, 1.82) is 0 Å². The van der Waals surface area contributed by atoms with Crippen LogP contribution in [0.15, 0.2) is 12.4 Å². The third-order valence-electron chi connectivity index (χ3n) is 2.04. The van der Waals surface area contributed by atoms with Crippen molar-refractivity contribution in [3.8, 4) is 0 Å². The van der Waals surface area contributed by atoms with Crippen LogP contribution in [0.3, 0.4) is 0 Å². The number of rotatable bonds is 2. The molecule has 0 aliphatic heterocycles. The molecule has 0 saturated carbocycles. The first-order valence-electron chi connectivity index (χ1n) is 6.60. The molecule has 0 aliphatic rings. The largest absolute Gasteiger partial charge is 0.467 e. The van der Waals surface area contributed by atoms with Gasteiger partial charge >= 0.3 is 11.5 Å². The van der Waals surface area contributed by atoms with Gasteiger partial charge in [0.2, 0.25) is 5.28 Å². The van der Waals surface area contributed by atoms with Crippen LogP contribution in [0.1, 0.15) is 19.4 Å². The summed E-state index contributed by atoms with van der Waals surface area (Å²) in [5, 5.41) is 24.8. The number of thiol groups is 1. The Kier molecular flexibility index (Phi) is 9.94. The maximum absolute atomic E-state index is 10.2. The van der Waals surface area contributed by atoms with Gasteiger partial charge in [-0.15, -0.1) is 0 Å². The molecule has 2 aromatic heterocycles. The molecule has 0 aromatic carbocycles. The highest BCUT2D eigenvalue weighted by atomic mass is 35.5. The molecule has 0 fully saturated rings. The van der Waals surface area contributed by atoms with E-state index in [0.29, 0.717) is 10.4 Å². The molecule has 2 rings (SSSR count). The fourth-order valence-corrected chi connectivity index (χ4v) is 1.43. The first-order valence-corrected chi connectivity index (χ1v) is 7.88. The lowest BCUT2D eigenvalue weighted by atomic mass is 10.4. The lowest BCUT2D eigenvalue weighted by Gasteiger charge is -1.92. The molecule has 0 N–H and O–H groups in total. The standard InChI is InChI=1S/C5H4Cl2N2.C4H4N4O4.C3H8S/c1-3-2-8-5(7)9-4(3)6;1-6-2-3(7(9)10)4(5-6)8(11)12;1-3(2)4/h2H,1H3;2H,1H3;3-4H,1-2H3. The molecule has 0 saturated heterocycles. The summed E-state index contributed by atoms with van der Waals surface area (Å²) < 4.78 is 1.02. The highest BCUT2D eigenvalue weighted by molar-refractivity contribution is 7.80. The molecule has 0 unspecified atom stereocenters. The summed E-state index contributed by atoms with van der Waals surface area (Å²) in [5.74, 6) is -0.734. The third-order valence-corrected chi connectivity index (χ3v) is 2.61. The maximum Gasteiger partial charge on any atom is 0.467 e. The predicted molar refractivity (Wildman–Crippen MR) is 97.4 cm³/mol. The molecule has 2 heterocycles. The second kappa shape index (κ2) is 10.8. The van der Waals surface area contributed by atoms with Gasteiger partial charge in [0.15, 0.2) is 0 Å². The van der Waals surface area contributed by atoms with Gasteiger partial charge in [-0.25, -0.2) is 9.97 Å². The van der Waals surface area contributed by atoms with E-state index in [2.05, 4.69) is 27.7 Å². The van der Waals surface area contributed by atoms with Crippen molar-refractivity contribution < 1.29 is 9.85 Å². The Morgan fingerprint density at radius 2 is 1.76 bits per heavy atom. The summed E-state index contributed by atoms with van der Waals surface area (Å²) in [5.41, 5.74) is 0.239. The molecule has 0 aliphatic carbocycles. The van der Waals surface area contributed by atoms with E-state index in [9.17, 15) is 20.2 Å². The van der Waals surface area contributed by atoms with Crippen molar-refractivity contribution in [2.75, 3.05) is 0 Å². The minimum absolute atomic E-state index is 0.186. The van der Waals surface area contributed by atoms with Crippen LogP contribution in [0, 0.1) is 27.2 Å². The average molecular weight is 411 g/mol. The number of nitrogens with zero attached hydrogens (tertiary/aromatic N) is 6. The van der Waals surface area contributed by atoms with Gasteiger partial charge in [-0.05, 0) is 28.7 Å². The van der Waals surface area contributed by atoms with E-state index in [4.69, 9.17) is 23.2 Å². The van der Waals surface area contributed by atoms with Crippen molar-refractivity contribution in [2.45, 2.75) is 26.0 Å². The molecule has 25 heavy (non-hydrogen) atoms. The minimum atomic E-state index is -0.891. The van der Waals surface area contributed by atoms with E-state index in [1.807, 2.05) is 20.8 Å². The van der Waals surface area contributed by atoms with Crippen LogP contribution in [0.5, 0.6) is 0 Å². The summed E-state index contributed by atoms with van der Waals surface area (Å²) in [7, 11) is 1.38. The summed E-state index contributed by atoms with van der Waals surface area (Å²) in [6.07, 6.45) is 2.57. The number of hydrogen-bond donors (Lipinski definition) is 1. The first-order chi connectivity index (χ1) is 11.5. The Morgan fingerprint density at radius 1 is 1.24 bits per heavy atom. The van der Waals surface area contributed by atoms with Crippen LogP contribution in [0.4, 0.5) is 11.5 Å². The molecule has 0 atom stereocenters. The third kappa shape index (κ3) is 9.17.